The molecule has 20 heavy (non-hydrogen) atoms. The number of carbonyl (C=O) groups is 1. The van der Waals surface area contributed by atoms with E-state index in [0.29, 0.717) is 12.2 Å². The minimum Gasteiger partial charge on any atom is -0.462 e. The number of nitrogens with zero attached hydrogens (tertiary/aromatic N) is 2. The maximum atomic E-state index is 11.6. The first-order valence-corrected chi connectivity index (χ1v) is 7.25. The van der Waals surface area contributed by atoms with Gasteiger partial charge in [0.2, 0.25) is 0 Å². The molecule has 0 unspecified atom stereocenters. The van der Waals surface area contributed by atoms with Crippen LogP contribution >= 0.6 is 0 Å². The van der Waals surface area contributed by atoms with Crippen molar-refractivity contribution in [3.8, 4) is 0 Å². The lowest BCUT2D eigenvalue weighted by molar-refractivity contribution is 0.0526. The van der Waals surface area contributed by atoms with Gasteiger partial charge in [-0.3, -0.25) is 0 Å². The van der Waals surface area contributed by atoms with Crippen molar-refractivity contribution in [3.63, 3.8) is 0 Å². The minimum absolute atomic E-state index is 0.255. The summed E-state index contributed by atoms with van der Waals surface area (Å²) in [5, 5.41) is 0. The van der Waals surface area contributed by atoms with Crippen LogP contribution in [0.5, 0.6) is 0 Å². The van der Waals surface area contributed by atoms with Crippen LogP contribution < -0.4 is 4.90 Å². The largest absolute Gasteiger partial charge is 0.462 e. The van der Waals surface area contributed by atoms with Crippen molar-refractivity contribution in [2.24, 2.45) is 0 Å². The Hall–Kier alpha value is -1.55. The van der Waals surface area contributed by atoms with Gasteiger partial charge in [-0.25, -0.2) is 4.79 Å². The molecule has 0 saturated carbocycles. The molecule has 1 aromatic carbocycles. The van der Waals surface area contributed by atoms with E-state index in [2.05, 4.69) is 30.8 Å². The monoisotopic (exact) mass is 278 g/mol. The van der Waals surface area contributed by atoms with E-state index in [1.54, 1.807) is 0 Å². The molecule has 112 valence electrons. The molecule has 0 amide bonds. The van der Waals surface area contributed by atoms with Crippen molar-refractivity contribution >= 4 is 11.7 Å². The van der Waals surface area contributed by atoms with Crippen molar-refractivity contribution in [3.05, 3.63) is 29.8 Å². The van der Waals surface area contributed by atoms with Crippen molar-refractivity contribution in [1.29, 1.82) is 0 Å². The van der Waals surface area contributed by atoms with Crippen LogP contribution in [0.25, 0.3) is 0 Å². The number of hydrogen-bond acceptors (Lipinski definition) is 4. The third-order valence-corrected chi connectivity index (χ3v) is 3.05. The average Bonchev–Trinajstić information content (AvgIpc) is 2.44. The second-order valence-corrected chi connectivity index (χ2v) is 5.06. The molecule has 0 aliphatic rings. The molecule has 0 aliphatic heterocycles. The molecule has 0 radical (unpaired) electrons. The van der Waals surface area contributed by atoms with Gasteiger partial charge in [0.1, 0.15) is 0 Å². The van der Waals surface area contributed by atoms with E-state index in [4.69, 9.17) is 4.74 Å². The summed E-state index contributed by atoms with van der Waals surface area (Å²) in [7, 11) is 4.15. The maximum absolute atomic E-state index is 11.6. The van der Waals surface area contributed by atoms with Crippen LogP contribution in [0.3, 0.4) is 0 Å². The van der Waals surface area contributed by atoms with Gasteiger partial charge in [0.25, 0.3) is 0 Å². The first-order chi connectivity index (χ1) is 9.58. The molecule has 0 bridgehead atoms. The first kappa shape index (κ1) is 16.5. The number of rotatable bonds is 8. The molecule has 0 N–H and O–H groups in total. The van der Waals surface area contributed by atoms with E-state index < -0.39 is 0 Å². The summed E-state index contributed by atoms with van der Waals surface area (Å²) in [4.78, 5) is 16.1. The quantitative estimate of drug-likeness (QED) is 0.684. The van der Waals surface area contributed by atoms with Crippen molar-refractivity contribution < 1.29 is 9.53 Å². The molecule has 4 heteroatoms. The summed E-state index contributed by atoms with van der Waals surface area (Å²) in [6.45, 7) is 7.42. The topological polar surface area (TPSA) is 32.8 Å². The van der Waals surface area contributed by atoms with Gasteiger partial charge in [0, 0.05) is 25.3 Å². The van der Waals surface area contributed by atoms with E-state index in [0.717, 1.165) is 31.7 Å². The number of ether oxygens (including phenoxy) is 1. The highest BCUT2D eigenvalue weighted by atomic mass is 16.5. The zero-order chi connectivity index (χ0) is 15.0. The van der Waals surface area contributed by atoms with Crippen molar-refractivity contribution in [2.45, 2.75) is 20.3 Å². The Kier molecular flexibility index (Phi) is 7.09. The van der Waals surface area contributed by atoms with Crippen molar-refractivity contribution in [1.82, 2.24) is 4.90 Å². The van der Waals surface area contributed by atoms with Gasteiger partial charge in [-0.2, -0.15) is 0 Å². The molecule has 1 rings (SSSR count). The van der Waals surface area contributed by atoms with Gasteiger partial charge in [-0.05, 0) is 51.7 Å². The molecule has 0 heterocycles. The lowest BCUT2D eigenvalue weighted by atomic mass is 10.2. The molecule has 4 nitrogen and oxygen atoms in total. The maximum Gasteiger partial charge on any atom is 0.338 e. The Morgan fingerprint density at radius 1 is 1.05 bits per heavy atom. The van der Waals surface area contributed by atoms with Crippen LogP contribution in [-0.4, -0.2) is 51.2 Å². The zero-order valence-corrected chi connectivity index (χ0v) is 13.1. The Labute approximate surface area is 122 Å². The zero-order valence-electron chi connectivity index (χ0n) is 13.1. The highest BCUT2D eigenvalue weighted by Gasteiger charge is 2.09. The van der Waals surface area contributed by atoms with Crippen LogP contribution in [0, 0.1) is 0 Å². The average molecular weight is 278 g/mol. The number of likely N-dealkylation sites (N-methyl/N-ethyl adjacent to an activating group) is 1. The molecule has 0 fully saturated rings. The van der Waals surface area contributed by atoms with Crippen molar-refractivity contribution in [2.75, 3.05) is 45.2 Å². The fraction of sp³-hybridized carbons (Fsp3) is 0.562. The Balaban J connectivity index is 2.74. The number of hydrogen-bond donors (Lipinski definition) is 0. The summed E-state index contributed by atoms with van der Waals surface area (Å²) >= 11 is 0. The Morgan fingerprint density at radius 3 is 2.20 bits per heavy atom. The summed E-state index contributed by atoms with van der Waals surface area (Å²) in [6, 6.07) is 7.67. The van der Waals surface area contributed by atoms with E-state index in [1.165, 1.54) is 0 Å². The predicted molar refractivity (Wildman–Crippen MR) is 83.5 cm³/mol. The van der Waals surface area contributed by atoms with Gasteiger partial charge < -0.3 is 14.5 Å². The highest BCUT2D eigenvalue weighted by Crippen LogP contribution is 2.16. The fourth-order valence-electron chi connectivity index (χ4n) is 1.98. The van der Waals surface area contributed by atoms with Gasteiger partial charge >= 0.3 is 5.97 Å². The van der Waals surface area contributed by atoms with Crippen LogP contribution in [0.15, 0.2) is 24.3 Å². The highest BCUT2D eigenvalue weighted by molar-refractivity contribution is 5.89. The van der Waals surface area contributed by atoms with Gasteiger partial charge in [-0.15, -0.1) is 0 Å². The Bertz CT molecular complexity index is 401. The summed E-state index contributed by atoms with van der Waals surface area (Å²) < 4.78 is 5.00. The first-order valence-electron chi connectivity index (χ1n) is 7.25. The van der Waals surface area contributed by atoms with E-state index >= 15 is 0 Å². The van der Waals surface area contributed by atoms with Gasteiger partial charge in [0.15, 0.2) is 0 Å². The number of anilines is 1. The van der Waals surface area contributed by atoms with Crippen LogP contribution in [0.4, 0.5) is 5.69 Å². The molecule has 1 aromatic rings. The molecule has 0 saturated heterocycles. The SMILES string of the molecule is CCCN(CCN(C)C)c1ccc(C(=O)OCC)cc1. The van der Waals surface area contributed by atoms with E-state index in [1.807, 2.05) is 31.2 Å². The normalized spacial score (nSPS) is 10.7. The summed E-state index contributed by atoms with van der Waals surface area (Å²) in [6.07, 6.45) is 1.10. The van der Waals surface area contributed by atoms with E-state index in [-0.39, 0.29) is 5.97 Å². The molecular weight excluding hydrogens is 252 g/mol. The molecule has 0 atom stereocenters. The van der Waals surface area contributed by atoms with Gasteiger partial charge in [-0.1, -0.05) is 6.92 Å². The van der Waals surface area contributed by atoms with Crippen LogP contribution in [-0.2, 0) is 4.74 Å². The number of benzene rings is 1. The second kappa shape index (κ2) is 8.59. The third-order valence-electron chi connectivity index (χ3n) is 3.05. The lowest BCUT2D eigenvalue weighted by Gasteiger charge is -2.26. The standard InChI is InChI=1S/C16H26N2O2/c1-5-11-18(13-12-17(3)4)15-9-7-14(8-10-15)16(19)20-6-2/h7-10H,5-6,11-13H2,1-4H3. The van der Waals surface area contributed by atoms with Crippen LogP contribution in [0.1, 0.15) is 30.6 Å². The molecule has 0 aliphatic carbocycles. The number of esters is 1. The van der Waals surface area contributed by atoms with E-state index in [9.17, 15) is 4.79 Å². The molecule has 0 spiro atoms. The van der Waals surface area contributed by atoms with Gasteiger partial charge in [0.05, 0.1) is 12.2 Å². The summed E-state index contributed by atoms with van der Waals surface area (Å²) in [5.74, 6) is -0.255. The predicted octanol–water partition coefficient (Wildman–Crippen LogP) is 2.64. The Morgan fingerprint density at radius 2 is 1.70 bits per heavy atom. The smallest absolute Gasteiger partial charge is 0.338 e. The summed E-state index contributed by atoms with van der Waals surface area (Å²) in [5.41, 5.74) is 1.77. The second-order valence-electron chi connectivity index (χ2n) is 5.06. The lowest BCUT2D eigenvalue weighted by Crippen LogP contribution is -2.32. The van der Waals surface area contributed by atoms with Crippen LogP contribution in [0.2, 0.25) is 0 Å². The third kappa shape index (κ3) is 5.21. The molecular formula is C16H26N2O2. The minimum atomic E-state index is -0.255. The molecule has 0 aromatic heterocycles. The number of carbonyl (C=O) groups excluding carboxylic acids is 1. The fourth-order valence-corrected chi connectivity index (χ4v) is 1.98.